The molecule has 4 rings (SSSR count). The molecular weight excluding hydrogens is 356 g/mol. The van der Waals surface area contributed by atoms with Crippen molar-refractivity contribution in [1.82, 2.24) is 20.1 Å². The van der Waals surface area contributed by atoms with Gasteiger partial charge < -0.3 is 20.1 Å². The lowest BCUT2D eigenvalue weighted by molar-refractivity contribution is -0.119. The van der Waals surface area contributed by atoms with E-state index >= 15 is 0 Å². The molecule has 146 valence electrons. The number of benzene rings is 1. The first kappa shape index (κ1) is 18.3. The zero-order chi connectivity index (χ0) is 19.7. The Bertz CT molecular complexity index is 862. The highest BCUT2D eigenvalue weighted by atomic mass is 16.2. The zero-order valence-electron chi connectivity index (χ0n) is 15.9. The van der Waals surface area contributed by atoms with E-state index < -0.39 is 0 Å². The number of amides is 3. The van der Waals surface area contributed by atoms with Gasteiger partial charge in [-0.15, -0.1) is 0 Å². The molecule has 3 amide bonds. The van der Waals surface area contributed by atoms with Crippen molar-refractivity contribution in [2.45, 2.75) is 31.3 Å². The van der Waals surface area contributed by atoms with Gasteiger partial charge in [0.05, 0.1) is 18.5 Å². The van der Waals surface area contributed by atoms with E-state index in [1.165, 1.54) is 0 Å². The van der Waals surface area contributed by atoms with E-state index in [1.807, 2.05) is 28.0 Å². The number of likely N-dealkylation sites (tertiary alicyclic amines) is 1. The first-order chi connectivity index (χ1) is 13.6. The van der Waals surface area contributed by atoms with Crippen molar-refractivity contribution >= 4 is 17.7 Å². The SMILES string of the molecule is CNC(=O)Cc1ccc(C(=O)N2CC3CCC(C2)N3C(=O)c2ccc[nH]2)cc1. The number of carbonyl (C=O) groups excluding carboxylic acids is 3. The average molecular weight is 380 g/mol. The van der Waals surface area contributed by atoms with Gasteiger partial charge in [0.15, 0.2) is 0 Å². The molecule has 2 N–H and O–H groups in total. The van der Waals surface area contributed by atoms with Gasteiger partial charge in [-0.05, 0) is 42.7 Å². The number of carbonyl (C=O) groups is 3. The number of nitrogens with one attached hydrogen (secondary N) is 2. The smallest absolute Gasteiger partial charge is 0.270 e. The molecule has 7 nitrogen and oxygen atoms in total. The highest BCUT2D eigenvalue weighted by Crippen LogP contribution is 2.32. The lowest BCUT2D eigenvalue weighted by Gasteiger charge is -2.41. The predicted octanol–water partition coefficient (Wildman–Crippen LogP) is 1.43. The molecule has 2 aliphatic heterocycles. The summed E-state index contributed by atoms with van der Waals surface area (Å²) >= 11 is 0. The highest BCUT2D eigenvalue weighted by molar-refractivity contribution is 5.96. The summed E-state index contributed by atoms with van der Waals surface area (Å²) in [6, 6.07) is 10.9. The molecule has 1 aromatic heterocycles. The maximum absolute atomic E-state index is 13.0. The average Bonchev–Trinajstić information content (AvgIpc) is 3.34. The molecule has 0 radical (unpaired) electrons. The zero-order valence-corrected chi connectivity index (χ0v) is 15.9. The lowest BCUT2D eigenvalue weighted by atomic mass is 10.1. The molecular formula is C21H24N4O3. The summed E-state index contributed by atoms with van der Waals surface area (Å²) < 4.78 is 0. The van der Waals surface area contributed by atoms with Gasteiger partial charge in [-0.2, -0.15) is 0 Å². The third kappa shape index (κ3) is 3.40. The summed E-state index contributed by atoms with van der Waals surface area (Å²) in [4.78, 5) is 44.0. The van der Waals surface area contributed by atoms with Crippen LogP contribution in [0.15, 0.2) is 42.6 Å². The number of hydrogen-bond donors (Lipinski definition) is 2. The Kier molecular flexibility index (Phi) is 4.90. The van der Waals surface area contributed by atoms with Gasteiger partial charge >= 0.3 is 0 Å². The molecule has 2 aliphatic rings. The number of aromatic nitrogens is 1. The number of nitrogens with zero attached hydrogens (tertiary/aromatic N) is 2. The van der Waals surface area contributed by atoms with Crippen LogP contribution in [-0.4, -0.2) is 64.7 Å². The molecule has 3 heterocycles. The summed E-state index contributed by atoms with van der Waals surface area (Å²) in [5, 5.41) is 2.59. The van der Waals surface area contributed by atoms with E-state index in [-0.39, 0.29) is 29.8 Å². The van der Waals surface area contributed by atoms with Gasteiger partial charge in [0, 0.05) is 31.9 Å². The normalized spacial score (nSPS) is 20.9. The van der Waals surface area contributed by atoms with Crippen molar-refractivity contribution in [1.29, 1.82) is 0 Å². The van der Waals surface area contributed by atoms with E-state index in [1.54, 1.807) is 31.4 Å². The van der Waals surface area contributed by atoms with Crippen LogP contribution in [0.25, 0.3) is 0 Å². The van der Waals surface area contributed by atoms with Crippen LogP contribution >= 0.6 is 0 Å². The van der Waals surface area contributed by atoms with Crippen LogP contribution in [0.3, 0.4) is 0 Å². The van der Waals surface area contributed by atoms with E-state index in [4.69, 9.17) is 0 Å². The van der Waals surface area contributed by atoms with E-state index in [2.05, 4.69) is 10.3 Å². The fourth-order valence-electron chi connectivity index (χ4n) is 4.22. The Balaban J connectivity index is 1.43. The predicted molar refractivity (Wildman–Crippen MR) is 104 cm³/mol. The molecule has 0 aliphatic carbocycles. The molecule has 0 saturated carbocycles. The topological polar surface area (TPSA) is 85.5 Å². The van der Waals surface area contributed by atoms with Crippen molar-refractivity contribution in [3.8, 4) is 0 Å². The molecule has 0 spiro atoms. The number of H-pyrrole nitrogens is 1. The fourth-order valence-corrected chi connectivity index (χ4v) is 4.22. The Labute approximate surface area is 163 Å². The number of likely N-dealkylation sites (N-methyl/N-ethyl adjacent to an activating group) is 1. The molecule has 7 heteroatoms. The highest BCUT2D eigenvalue weighted by Gasteiger charge is 2.44. The fraction of sp³-hybridized carbons (Fsp3) is 0.381. The van der Waals surface area contributed by atoms with Crippen molar-refractivity contribution in [3.05, 3.63) is 59.4 Å². The molecule has 2 atom stereocenters. The Hall–Kier alpha value is -3.09. The minimum atomic E-state index is -0.0569. The number of aromatic amines is 1. The first-order valence-corrected chi connectivity index (χ1v) is 9.61. The molecule has 2 saturated heterocycles. The van der Waals surface area contributed by atoms with E-state index in [0.29, 0.717) is 30.8 Å². The summed E-state index contributed by atoms with van der Waals surface area (Å²) in [6.07, 6.45) is 3.90. The third-order valence-corrected chi connectivity index (χ3v) is 5.68. The molecule has 28 heavy (non-hydrogen) atoms. The van der Waals surface area contributed by atoms with Gasteiger partial charge in [-0.3, -0.25) is 14.4 Å². The van der Waals surface area contributed by atoms with Gasteiger partial charge in [-0.1, -0.05) is 12.1 Å². The van der Waals surface area contributed by atoms with Gasteiger partial charge in [0.25, 0.3) is 11.8 Å². The third-order valence-electron chi connectivity index (χ3n) is 5.68. The van der Waals surface area contributed by atoms with Crippen molar-refractivity contribution < 1.29 is 14.4 Å². The Morgan fingerprint density at radius 3 is 2.29 bits per heavy atom. The first-order valence-electron chi connectivity index (χ1n) is 9.61. The van der Waals surface area contributed by atoms with Crippen LogP contribution in [0.5, 0.6) is 0 Å². The second-order valence-corrected chi connectivity index (χ2v) is 7.44. The number of hydrogen-bond acceptors (Lipinski definition) is 3. The van der Waals surface area contributed by atoms with Crippen LogP contribution in [0.1, 0.15) is 39.3 Å². The van der Waals surface area contributed by atoms with E-state index in [9.17, 15) is 14.4 Å². The number of fused-ring (bicyclic) bond motifs is 2. The van der Waals surface area contributed by atoms with Gasteiger partial charge in [-0.25, -0.2) is 0 Å². The standard InChI is InChI=1S/C21H24N4O3/c1-22-19(26)11-14-4-6-15(7-5-14)20(27)24-12-16-8-9-17(13-24)25(16)21(28)18-3-2-10-23-18/h2-7,10,16-17,23H,8-9,11-13H2,1H3,(H,22,26). The second-order valence-electron chi connectivity index (χ2n) is 7.44. The number of piperazine rings is 1. The van der Waals surface area contributed by atoms with Crippen molar-refractivity contribution in [2.24, 2.45) is 0 Å². The minimum absolute atomic E-state index is 0.0168. The van der Waals surface area contributed by atoms with Crippen LogP contribution in [0.2, 0.25) is 0 Å². The van der Waals surface area contributed by atoms with Gasteiger partial charge in [0.1, 0.15) is 5.69 Å². The van der Waals surface area contributed by atoms with Crippen LogP contribution in [-0.2, 0) is 11.2 Å². The molecule has 2 fully saturated rings. The summed E-state index contributed by atoms with van der Waals surface area (Å²) in [5.41, 5.74) is 2.09. The molecule has 1 aromatic carbocycles. The van der Waals surface area contributed by atoms with Crippen molar-refractivity contribution in [2.75, 3.05) is 20.1 Å². The second kappa shape index (κ2) is 7.50. The summed E-state index contributed by atoms with van der Waals surface area (Å²) in [5.74, 6) is -0.0583. The van der Waals surface area contributed by atoms with E-state index in [0.717, 1.165) is 18.4 Å². The number of rotatable bonds is 4. The Morgan fingerprint density at radius 1 is 1.04 bits per heavy atom. The molecule has 2 aromatic rings. The largest absolute Gasteiger partial charge is 0.359 e. The maximum Gasteiger partial charge on any atom is 0.270 e. The summed E-state index contributed by atoms with van der Waals surface area (Å²) in [6.45, 7) is 1.11. The van der Waals surface area contributed by atoms with Gasteiger partial charge in [0.2, 0.25) is 5.91 Å². The van der Waals surface area contributed by atoms with Crippen LogP contribution in [0, 0.1) is 0 Å². The Morgan fingerprint density at radius 2 is 1.71 bits per heavy atom. The molecule has 2 bridgehead atoms. The molecule has 2 unspecified atom stereocenters. The minimum Gasteiger partial charge on any atom is -0.359 e. The van der Waals surface area contributed by atoms with Crippen molar-refractivity contribution in [3.63, 3.8) is 0 Å². The van der Waals surface area contributed by atoms with Crippen LogP contribution < -0.4 is 5.32 Å². The summed E-state index contributed by atoms with van der Waals surface area (Å²) in [7, 11) is 1.61. The lowest BCUT2D eigenvalue weighted by Crippen LogP contribution is -2.57. The van der Waals surface area contributed by atoms with Crippen LogP contribution in [0.4, 0.5) is 0 Å². The quantitative estimate of drug-likeness (QED) is 0.842. The maximum atomic E-state index is 13.0. The monoisotopic (exact) mass is 380 g/mol.